The van der Waals surface area contributed by atoms with E-state index in [-0.39, 0.29) is 18.4 Å². The number of benzene rings is 2. The zero-order valence-corrected chi connectivity index (χ0v) is 16.3. The van der Waals surface area contributed by atoms with E-state index in [4.69, 9.17) is 9.47 Å². The van der Waals surface area contributed by atoms with Crippen molar-refractivity contribution in [3.05, 3.63) is 53.8 Å². The molecule has 1 atom stereocenters. The lowest BCUT2D eigenvalue weighted by molar-refractivity contribution is -0.121. The van der Waals surface area contributed by atoms with E-state index in [1.807, 2.05) is 0 Å². The predicted molar refractivity (Wildman–Crippen MR) is 105 cm³/mol. The quantitative estimate of drug-likeness (QED) is 0.726. The molecule has 0 fully saturated rings. The molecule has 0 radical (unpaired) electrons. The van der Waals surface area contributed by atoms with E-state index in [9.17, 15) is 14.0 Å². The minimum absolute atomic E-state index is 0.109. The third-order valence-electron chi connectivity index (χ3n) is 3.95. The number of methoxy groups -OCH3 is 2. The molecule has 0 aromatic heterocycles. The Bertz CT molecular complexity index is 842. The third-order valence-corrected chi connectivity index (χ3v) is 3.95. The van der Waals surface area contributed by atoms with Gasteiger partial charge >= 0.3 is 0 Å². The highest BCUT2D eigenvalue weighted by atomic mass is 19.1. The molecule has 0 saturated heterocycles. The predicted octanol–water partition coefficient (Wildman–Crippen LogP) is 2.66. The summed E-state index contributed by atoms with van der Waals surface area (Å²) in [6, 6.07) is 10.1. The summed E-state index contributed by atoms with van der Waals surface area (Å²) in [5.41, 5.74) is 1.39. The van der Waals surface area contributed by atoms with E-state index in [0.717, 1.165) is 0 Å². The van der Waals surface area contributed by atoms with Gasteiger partial charge in [0.2, 0.25) is 11.8 Å². The number of rotatable bonds is 8. The van der Waals surface area contributed by atoms with Crippen LogP contribution in [-0.2, 0) is 14.3 Å². The van der Waals surface area contributed by atoms with Crippen molar-refractivity contribution in [1.82, 2.24) is 4.90 Å². The topological polar surface area (TPSA) is 79.9 Å². The fourth-order valence-electron chi connectivity index (χ4n) is 2.77. The van der Waals surface area contributed by atoms with Gasteiger partial charge < -0.3 is 20.1 Å². The summed E-state index contributed by atoms with van der Waals surface area (Å²) in [7, 11) is 6.37. The van der Waals surface area contributed by atoms with Gasteiger partial charge in [0, 0.05) is 12.8 Å². The number of amides is 2. The van der Waals surface area contributed by atoms with Gasteiger partial charge in [0.15, 0.2) is 0 Å². The normalized spacial score (nSPS) is 11.8. The minimum atomic E-state index is -0.690. The summed E-state index contributed by atoms with van der Waals surface area (Å²) in [4.78, 5) is 26.3. The van der Waals surface area contributed by atoms with Crippen molar-refractivity contribution < 1.29 is 23.5 Å². The van der Waals surface area contributed by atoms with Crippen LogP contribution < -0.4 is 15.4 Å². The molecule has 2 aromatic carbocycles. The third kappa shape index (κ3) is 5.51. The molecule has 150 valence electrons. The van der Waals surface area contributed by atoms with Gasteiger partial charge in [-0.3, -0.25) is 14.5 Å². The van der Waals surface area contributed by atoms with Crippen LogP contribution in [0.1, 0.15) is 11.6 Å². The zero-order valence-electron chi connectivity index (χ0n) is 16.3. The fourth-order valence-corrected chi connectivity index (χ4v) is 2.77. The van der Waals surface area contributed by atoms with Gasteiger partial charge in [-0.05, 0) is 50.0 Å². The summed E-state index contributed by atoms with van der Waals surface area (Å²) in [5.74, 6) is -0.661. The van der Waals surface area contributed by atoms with Gasteiger partial charge in [-0.25, -0.2) is 4.39 Å². The van der Waals surface area contributed by atoms with Crippen molar-refractivity contribution in [1.29, 1.82) is 0 Å². The Morgan fingerprint density at radius 1 is 1.11 bits per heavy atom. The molecule has 2 rings (SSSR count). The monoisotopic (exact) mass is 389 g/mol. The number of likely N-dealkylation sites (N-methyl/N-ethyl adjacent to an activating group) is 1. The second-order valence-electron chi connectivity index (χ2n) is 6.31. The van der Waals surface area contributed by atoms with Crippen molar-refractivity contribution in [2.75, 3.05) is 45.6 Å². The number of ether oxygens (including phenoxy) is 2. The lowest BCUT2D eigenvalue weighted by Crippen LogP contribution is -2.32. The van der Waals surface area contributed by atoms with Gasteiger partial charge in [0.1, 0.15) is 24.2 Å². The van der Waals surface area contributed by atoms with E-state index in [1.54, 1.807) is 49.3 Å². The molecule has 0 spiro atoms. The maximum atomic E-state index is 13.6. The highest BCUT2D eigenvalue weighted by Gasteiger charge is 2.23. The SMILES string of the molecule is COCC(=O)Nc1cc(NC(=O)C(c2cccc(F)c2)N(C)C)ccc1OC. The largest absolute Gasteiger partial charge is 0.495 e. The van der Waals surface area contributed by atoms with Crippen LogP contribution in [0.3, 0.4) is 0 Å². The Morgan fingerprint density at radius 3 is 2.46 bits per heavy atom. The number of carbonyl (C=O) groups is 2. The molecule has 28 heavy (non-hydrogen) atoms. The molecule has 0 saturated carbocycles. The first kappa shape index (κ1) is 21.3. The Balaban J connectivity index is 2.25. The highest BCUT2D eigenvalue weighted by molar-refractivity contribution is 5.98. The van der Waals surface area contributed by atoms with Crippen molar-refractivity contribution in [3.63, 3.8) is 0 Å². The molecule has 2 amide bonds. The Kier molecular flexibility index (Phi) is 7.48. The number of nitrogens with one attached hydrogen (secondary N) is 2. The van der Waals surface area contributed by atoms with E-state index in [1.165, 1.54) is 26.4 Å². The fraction of sp³-hybridized carbons (Fsp3) is 0.300. The van der Waals surface area contributed by atoms with Gasteiger partial charge in [0.05, 0.1) is 12.8 Å². The summed E-state index contributed by atoms with van der Waals surface area (Å²) >= 11 is 0. The van der Waals surface area contributed by atoms with Crippen molar-refractivity contribution in [3.8, 4) is 5.75 Å². The zero-order chi connectivity index (χ0) is 20.7. The first-order valence-corrected chi connectivity index (χ1v) is 8.55. The van der Waals surface area contributed by atoms with E-state index < -0.39 is 11.9 Å². The lowest BCUT2D eigenvalue weighted by atomic mass is 10.0. The molecule has 0 aliphatic heterocycles. The Labute approximate surface area is 163 Å². The van der Waals surface area contributed by atoms with Gasteiger partial charge in [-0.1, -0.05) is 12.1 Å². The van der Waals surface area contributed by atoms with Crippen LogP contribution in [0.25, 0.3) is 0 Å². The summed E-state index contributed by atoms with van der Waals surface area (Å²) in [6.45, 7) is -0.109. The molecule has 1 unspecified atom stereocenters. The van der Waals surface area contributed by atoms with Crippen LogP contribution in [0.5, 0.6) is 5.75 Å². The number of nitrogens with zero attached hydrogens (tertiary/aromatic N) is 1. The van der Waals surface area contributed by atoms with Crippen LogP contribution in [0.15, 0.2) is 42.5 Å². The molecular weight excluding hydrogens is 365 g/mol. The first-order chi connectivity index (χ1) is 13.3. The Hall–Kier alpha value is -2.97. The molecule has 0 aliphatic carbocycles. The molecule has 0 aliphatic rings. The summed E-state index contributed by atoms with van der Waals surface area (Å²) < 4.78 is 23.6. The molecule has 0 heterocycles. The summed E-state index contributed by atoms with van der Waals surface area (Å²) in [6.07, 6.45) is 0. The van der Waals surface area contributed by atoms with Crippen LogP contribution >= 0.6 is 0 Å². The van der Waals surface area contributed by atoms with Crippen LogP contribution in [-0.4, -0.2) is 51.6 Å². The molecular formula is C20H24FN3O4. The maximum Gasteiger partial charge on any atom is 0.250 e. The minimum Gasteiger partial charge on any atom is -0.495 e. The number of halogens is 1. The van der Waals surface area contributed by atoms with Crippen LogP contribution in [0.2, 0.25) is 0 Å². The number of anilines is 2. The smallest absolute Gasteiger partial charge is 0.250 e. The number of hydrogen-bond donors (Lipinski definition) is 2. The van der Waals surface area contributed by atoms with Crippen molar-refractivity contribution in [2.45, 2.75) is 6.04 Å². The van der Waals surface area contributed by atoms with Gasteiger partial charge in [-0.2, -0.15) is 0 Å². The molecule has 2 N–H and O–H groups in total. The molecule has 0 bridgehead atoms. The maximum absolute atomic E-state index is 13.6. The number of carbonyl (C=O) groups excluding carboxylic acids is 2. The van der Waals surface area contributed by atoms with Crippen LogP contribution in [0.4, 0.5) is 15.8 Å². The van der Waals surface area contributed by atoms with E-state index in [2.05, 4.69) is 10.6 Å². The highest BCUT2D eigenvalue weighted by Crippen LogP contribution is 2.29. The Morgan fingerprint density at radius 2 is 1.86 bits per heavy atom. The summed E-state index contributed by atoms with van der Waals surface area (Å²) in [5, 5.41) is 5.46. The molecule has 7 nitrogen and oxygen atoms in total. The first-order valence-electron chi connectivity index (χ1n) is 8.55. The lowest BCUT2D eigenvalue weighted by Gasteiger charge is -2.24. The second-order valence-corrected chi connectivity index (χ2v) is 6.31. The van der Waals surface area contributed by atoms with E-state index >= 15 is 0 Å². The van der Waals surface area contributed by atoms with Gasteiger partial charge in [-0.15, -0.1) is 0 Å². The average Bonchev–Trinajstić information content (AvgIpc) is 2.62. The molecule has 2 aromatic rings. The van der Waals surface area contributed by atoms with Crippen molar-refractivity contribution in [2.24, 2.45) is 0 Å². The van der Waals surface area contributed by atoms with Crippen LogP contribution in [0, 0.1) is 5.82 Å². The van der Waals surface area contributed by atoms with Gasteiger partial charge in [0.25, 0.3) is 0 Å². The molecule has 8 heteroatoms. The van der Waals surface area contributed by atoms with Crippen molar-refractivity contribution >= 4 is 23.2 Å². The number of hydrogen-bond acceptors (Lipinski definition) is 5. The second kappa shape index (κ2) is 9.82. The van der Waals surface area contributed by atoms with E-state index in [0.29, 0.717) is 22.7 Å². The average molecular weight is 389 g/mol. The standard InChI is InChI=1S/C20H24FN3O4/c1-24(2)19(13-6-5-7-14(21)10-13)20(26)22-15-8-9-17(28-4)16(11-15)23-18(25)12-27-3/h5-11,19H,12H2,1-4H3,(H,22,26)(H,23,25).